The van der Waals surface area contributed by atoms with Crippen LogP contribution in [-0.4, -0.2) is 54.0 Å². The quantitative estimate of drug-likeness (QED) is 0.301. The molecule has 0 saturated carbocycles. The Morgan fingerprint density at radius 2 is 1.61 bits per heavy atom. The second-order valence-corrected chi connectivity index (χ2v) is 10.8. The number of amides is 4. The maximum absolute atomic E-state index is 14.1. The van der Waals surface area contributed by atoms with Gasteiger partial charge in [-0.1, -0.05) is 44.5 Å². The summed E-state index contributed by atoms with van der Waals surface area (Å²) in [6.07, 6.45) is 1.20. The third-order valence-corrected chi connectivity index (χ3v) is 6.33. The fourth-order valence-electron chi connectivity index (χ4n) is 4.18. The largest absolute Gasteiger partial charge is 0.497 e. The normalized spacial score (nSPS) is 12.5. The molecule has 0 aliphatic carbocycles. The molecule has 2 aromatic carbocycles. The lowest BCUT2D eigenvalue weighted by Gasteiger charge is -2.34. The SMILES string of the molecule is CCCCN(C(=O)C(CCC(N)=O)NC(=O)OC(C)(C)C)C(C(=O)Nc1ccc(OC)cc1)c1ccc(CC)cc1. The molecule has 0 fully saturated rings. The summed E-state index contributed by atoms with van der Waals surface area (Å²) in [4.78, 5) is 53.8. The van der Waals surface area contributed by atoms with Crippen molar-refractivity contribution < 1.29 is 28.7 Å². The summed E-state index contributed by atoms with van der Waals surface area (Å²) in [7, 11) is 1.56. The van der Waals surface area contributed by atoms with Crippen molar-refractivity contribution in [2.24, 2.45) is 5.73 Å². The number of methoxy groups -OCH3 is 1. The van der Waals surface area contributed by atoms with Gasteiger partial charge < -0.3 is 30.7 Å². The molecular formula is C31H44N4O6. The second kappa shape index (κ2) is 15.6. The van der Waals surface area contributed by atoms with E-state index in [-0.39, 0.29) is 19.4 Å². The summed E-state index contributed by atoms with van der Waals surface area (Å²) in [5.74, 6) is -0.910. The zero-order chi connectivity index (χ0) is 30.6. The molecule has 224 valence electrons. The number of hydrogen-bond acceptors (Lipinski definition) is 6. The number of carbonyl (C=O) groups is 4. The molecule has 0 radical (unpaired) electrons. The first-order valence-electron chi connectivity index (χ1n) is 14.0. The average Bonchev–Trinajstić information content (AvgIpc) is 2.92. The fraction of sp³-hybridized carbons (Fsp3) is 0.484. The van der Waals surface area contributed by atoms with Crippen molar-refractivity contribution in [1.82, 2.24) is 10.2 Å². The molecule has 0 heterocycles. The smallest absolute Gasteiger partial charge is 0.408 e. The first kappa shape index (κ1) is 33.1. The number of alkyl carbamates (subject to hydrolysis) is 1. The van der Waals surface area contributed by atoms with E-state index in [0.717, 1.165) is 18.4 Å². The minimum atomic E-state index is -1.14. The number of nitrogens with zero attached hydrogens (tertiary/aromatic N) is 1. The van der Waals surface area contributed by atoms with Gasteiger partial charge in [0.2, 0.25) is 11.8 Å². The van der Waals surface area contributed by atoms with Gasteiger partial charge in [-0.3, -0.25) is 14.4 Å². The van der Waals surface area contributed by atoms with Crippen LogP contribution in [0.25, 0.3) is 0 Å². The van der Waals surface area contributed by atoms with Crippen molar-refractivity contribution in [3.8, 4) is 5.75 Å². The first-order valence-corrected chi connectivity index (χ1v) is 14.0. The maximum Gasteiger partial charge on any atom is 0.408 e. The Balaban J connectivity index is 2.53. The van der Waals surface area contributed by atoms with Crippen LogP contribution in [0.1, 0.15) is 77.5 Å². The van der Waals surface area contributed by atoms with Gasteiger partial charge in [0.15, 0.2) is 0 Å². The zero-order valence-electron chi connectivity index (χ0n) is 25.0. The summed E-state index contributed by atoms with van der Waals surface area (Å²) in [6.45, 7) is 9.38. The highest BCUT2D eigenvalue weighted by Crippen LogP contribution is 2.27. The Morgan fingerprint density at radius 3 is 2.12 bits per heavy atom. The van der Waals surface area contributed by atoms with E-state index in [9.17, 15) is 19.2 Å². The van der Waals surface area contributed by atoms with Gasteiger partial charge in [0.25, 0.3) is 5.91 Å². The summed E-state index contributed by atoms with van der Waals surface area (Å²) >= 11 is 0. The van der Waals surface area contributed by atoms with E-state index in [2.05, 4.69) is 10.6 Å². The van der Waals surface area contributed by atoms with E-state index < -0.39 is 41.5 Å². The number of primary amides is 1. The molecule has 41 heavy (non-hydrogen) atoms. The Labute approximate surface area is 242 Å². The number of nitrogens with one attached hydrogen (secondary N) is 2. The van der Waals surface area contributed by atoms with Gasteiger partial charge in [-0.15, -0.1) is 0 Å². The van der Waals surface area contributed by atoms with Crippen molar-refractivity contribution in [2.75, 3.05) is 19.0 Å². The average molecular weight is 569 g/mol. The van der Waals surface area contributed by atoms with Crippen molar-refractivity contribution in [3.05, 3.63) is 59.7 Å². The van der Waals surface area contributed by atoms with Gasteiger partial charge in [-0.25, -0.2) is 4.79 Å². The molecule has 10 heteroatoms. The van der Waals surface area contributed by atoms with Crippen LogP contribution in [0.2, 0.25) is 0 Å². The lowest BCUT2D eigenvalue weighted by Crippen LogP contribution is -2.52. The monoisotopic (exact) mass is 568 g/mol. The van der Waals surface area contributed by atoms with Crippen molar-refractivity contribution >= 4 is 29.5 Å². The predicted molar refractivity (Wildman–Crippen MR) is 158 cm³/mol. The molecule has 2 aromatic rings. The predicted octanol–water partition coefficient (Wildman–Crippen LogP) is 4.72. The van der Waals surface area contributed by atoms with Crippen LogP contribution in [0.5, 0.6) is 5.75 Å². The number of nitrogens with two attached hydrogens (primary N) is 1. The van der Waals surface area contributed by atoms with Crippen LogP contribution in [0, 0.1) is 0 Å². The van der Waals surface area contributed by atoms with Gasteiger partial charge in [0.05, 0.1) is 7.11 Å². The number of hydrogen-bond donors (Lipinski definition) is 3. The van der Waals surface area contributed by atoms with Gasteiger partial charge in [0, 0.05) is 18.7 Å². The van der Waals surface area contributed by atoms with Crippen LogP contribution in [0.15, 0.2) is 48.5 Å². The molecule has 0 spiro atoms. The summed E-state index contributed by atoms with van der Waals surface area (Å²) in [5.41, 5.74) is 6.81. The zero-order valence-corrected chi connectivity index (χ0v) is 25.0. The molecule has 0 saturated heterocycles. The highest BCUT2D eigenvalue weighted by molar-refractivity contribution is 5.99. The maximum atomic E-state index is 14.1. The summed E-state index contributed by atoms with van der Waals surface area (Å²) < 4.78 is 10.6. The van der Waals surface area contributed by atoms with Gasteiger partial charge in [-0.05, 0) is 75.4 Å². The van der Waals surface area contributed by atoms with Crippen LogP contribution in [0.4, 0.5) is 10.5 Å². The first-order chi connectivity index (χ1) is 19.4. The van der Waals surface area contributed by atoms with Crippen molar-refractivity contribution in [1.29, 1.82) is 0 Å². The van der Waals surface area contributed by atoms with E-state index in [1.165, 1.54) is 4.90 Å². The van der Waals surface area contributed by atoms with Crippen LogP contribution in [-0.2, 0) is 25.5 Å². The van der Waals surface area contributed by atoms with E-state index in [1.54, 1.807) is 52.1 Å². The minimum absolute atomic E-state index is 0.0440. The van der Waals surface area contributed by atoms with Crippen LogP contribution >= 0.6 is 0 Å². The number of aryl methyl sites for hydroxylation is 1. The summed E-state index contributed by atoms with van der Waals surface area (Å²) in [5, 5.41) is 5.52. The molecular weight excluding hydrogens is 524 g/mol. The van der Waals surface area contributed by atoms with Gasteiger partial charge in [0.1, 0.15) is 23.4 Å². The molecule has 0 aliphatic heterocycles. The van der Waals surface area contributed by atoms with Gasteiger partial charge >= 0.3 is 6.09 Å². The van der Waals surface area contributed by atoms with Crippen LogP contribution < -0.4 is 21.1 Å². The third kappa shape index (κ3) is 10.8. The molecule has 2 atom stereocenters. The lowest BCUT2D eigenvalue weighted by atomic mass is 9.99. The highest BCUT2D eigenvalue weighted by atomic mass is 16.6. The van der Waals surface area contributed by atoms with Gasteiger partial charge in [-0.2, -0.15) is 0 Å². The topological polar surface area (TPSA) is 140 Å². The van der Waals surface area contributed by atoms with Crippen molar-refractivity contribution in [3.63, 3.8) is 0 Å². The Hall–Kier alpha value is -4.08. The minimum Gasteiger partial charge on any atom is -0.497 e. The number of unbranched alkanes of at least 4 members (excludes halogenated alkanes) is 1. The van der Waals surface area contributed by atoms with E-state index in [4.69, 9.17) is 15.2 Å². The number of anilines is 1. The third-order valence-electron chi connectivity index (χ3n) is 6.33. The second-order valence-electron chi connectivity index (χ2n) is 10.8. The number of carbonyl (C=O) groups excluding carboxylic acids is 4. The molecule has 4 N–H and O–H groups in total. The Bertz CT molecular complexity index is 1160. The molecule has 4 amide bonds. The Morgan fingerprint density at radius 1 is 0.976 bits per heavy atom. The van der Waals surface area contributed by atoms with Crippen LogP contribution in [0.3, 0.4) is 0 Å². The van der Waals surface area contributed by atoms with Crippen molar-refractivity contribution in [2.45, 2.75) is 84.4 Å². The molecule has 0 aliphatic rings. The Kier molecular flexibility index (Phi) is 12.6. The standard InChI is InChI=1S/C31H44N4O6/c1-7-9-20-35(29(38)25(18-19-26(32)36)34-30(39)41-31(3,4)5)27(22-12-10-21(8-2)11-13-22)28(37)33-23-14-16-24(40-6)17-15-23/h10-17,25,27H,7-9,18-20H2,1-6H3,(H2,32,36)(H,33,37)(H,34,39). The summed E-state index contributed by atoms with van der Waals surface area (Å²) in [6, 6.07) is 12.3. The van der Waals surface area contributed by atoms with E-state index in [0.29, 0.717) is 23.4 Å². The molecule has 0 bridgehead atoms. The lowest BCUT2D eigenvalue weighted by molar-refractivity contribution is -0.141. The number of ether oxygens (including phenoxy) is 2. The molecule has 2 rings (SSSR count). The number of benzene rings is 2. The highest BCUT2D eigenvalue weighted by Gasteiger charge is 2.36. The molecule has 0 aromatic heterocycles. The van der Waals surface area contributed by atoms with E-state index in [1.807, 2.05) is 38.1 Å². The van der Waals surface area contributed by atoms with E-state index >= 15 is 0 Å². The fourth-order valence-corrected chi connectivity index (χ4v) is 4.18. The molecule has 2 unspecified atom stereocenters. The molecule has 10 nitrogen and oxygen atoms in total. The number of rotatable bonds is 14.